The molecular weight excluding hydrogens is 254 g/mol. The van der Waals surface area contributed by atoms with Crippen molar-refractivity contribution in [1.29, 1.82) is 0 Å². The van der Waals surface area contributed by atoms with E-state index in [1.165, 1.54) is 6.20 Å². The molecule has 1 N–H and O–H groups in total. The number of nitrogens with one attached hydrogen (secondary N) is 1. The number of rotatable bonds is 3. The fourth-order valence-corrected chi connectivity index (χ4v) is 2.28. The summed E-state index contributed by atoms with van der Waals surface area (Å²) in [5, 5.41) is 3.21. The fraction of sp³-hybridized carbons (Fsp3) is 0.583. The maximum Gasteiger partial charge on any atom is 0.289 e. The highest BCUT2D eigenvalue weighted by Gasteiger charge is 2.23. The molecule has 0 unspecified atom stereocenters. The van der Waals surface area contributed by atoms with Gasteiger partial charge in [-0.1, -0.05) is 11.6 Å². The Bertz CT molecular complexity index is 420. The van der Waals surface area contributed by atoms with Gasteiger partial charge in [0.15, 0.2) is 0 Å². The average Bonchev–Trinajstić information content (AvgIpc) is 2.39. The lowest BCUT2D eigenvalue weighted by Crippen LogP contribution is -2.39. The van der Waals surface area contributed by atoms with Crippen LogP contribution >= 0.6 is 11.6 Å². The summed E-state index contributed by atoms with van der Waals surface area (Å²) in [6.07, 6.45) is 5.58. The van der Waals surface area contributed by atoms with Crippen molar-refractivity contribution in [3.63, 3.8) is 0 Å². The zero-order chi connectivity index (χ0) is 13.0. The minimum Gasteiger partial charge on any atom is -0.381 e. The Hall–Kier alpha value is -1.20. The molecule has 6 heteroatoms. The number of hydrogen-bond acceptors (Lipinski definition) is 4. The lowest BCUT2D eigenvalue weighted by molar-refractivity contribution is 0.0597. The Kier molecular flexibility index (Phi) is 4.49. The number of ether oxygens (including phenoxy) is 1. The Labute approximate surface area is 111 Å². The largest absolute Gasteiger partial charge is 0.381 e. The highest BCUT2D eigenvalue weighted by Crippen LogP contribution is 2.20. The Morgan fingerprint density at radius 2 is 2.17 bits per heavy atom. The molecule has 1 amide bonds. The first kappa shape index (κ1) is 13.2. The van der Waals surface area contributed by atoms with Crippen molar-refractivity contribution in [2.24, 2.45) is 0 Å². The standard InChI is InChI=1S/C12H16ClN3O2/c1-18-9-4-2-8(3-5-9)15-12(17)11-14-7-6-10(13)16-11/h6-9H,2-5H2,1H3,(H,15,17)/t8-,9-. The van der Waals surface area contributed by atoms with E-state index in [2.05, 4.69) is 15.3 Å². The van der Waals surface area contributed by atoms with E-state index in [4.69, 9.17) is 16.3 Å². The molecule has 0 saturated heterocycles. The van der Waals surface area contributed by atoms with Gasteiger partial charge in [-0.2, -0.15) is 0 Å². The van der Waals surface area contributed by atoms with Gasteiger partial charge in [-0.05, 0) is 31.7 Å². The molecule has 1 aromatic heterocycles. The third kappa shape index (κ3) is 3.40. The molecule has 0 radical (unpaired) electrons. The molecule has 18 heavy (non-hydrogen) atoms. The summed E-state index contributed by atoms with van der Waals surface area (Å²) in [4.78, 5) is 19.7. The SMILES string of the molecule is CO[C@H]1CC[C@H](NC(=O)c2nccc(Cl)n2)CC1. The molecule has 0 aliphatic heterocycles. The maximum atomic E-state index is 11.9. The molecule has 1 saturated carbocycles. The highest BCUT2D eigenvalue weighted by atomic mass is 35.5. The quantitative estimate of drug-likeness (QED) is 0.850. The monoisotopic (exact) mass is 269 g/mol. The van der Waals surface area contributed by atoms with Crippen LogP contribution < -0.4 is 5.32 Å². The first-order valence-electron chi connectivity index (χ1n) is 6.01. The Morgan fingerprint density at radius 3 is 2.78 bits per heavy atom. The van der Waals surface area contributed by atoms with E-state index in [1.54, 1.807) is 13.2 Å². The predicted molar refractivity (Wildman–Crippen MR) is 67.6 cm³/mol. The number of halogens is 1. The number of hydrogen-bond donors (Lipinski definition) is 1. The van der Waals surface area contributed by atoms with E-state index in [1.807, 2.05) is 0 Å². The summed E-state index contributed by atoms with van der Waals surface area (Å²) in [7, 11) is 1.73. The van der Waals surface area contributed by atoms with Crippen molar-refractivity contribution in [3.8, 4) is 0 Å². The van der Waals surface area contributed by atoms with Crippen molar-refractivity contribution < 1.29 is 9.53 Å². The van der Waals surface area contributed by atoms with Crippen molar-refractivity contribution in [2.45, 2.75) is 37.8 Å². The number of nitrogens with zero attached hydrogens (tertiary/aromatic N) is 2. The highest BCUT2D eigenvalue weighted by molar-refractivity contribution is 6.29. The van der Waals surface area contributed by atoms with Gasteiger partial charge >= 0.3 is 0 Å². The third-order valence-electron chi connectivity index (χ3n) is 3.17. The summed E-state index contributed by atoms with van der Waals surface area (Å²) in [5.74, 6) is -0.144. The van der Waals surface area contributed by atoms with E-state index >= 15 is 0 Å². The van der Waals surface area contributed by atoms with E-state index < -0.39 is 0 Å². The van der Waals surface area contributed by atoms with Crippen LogP contribution in [0.25, 0.3) is 0 Å². The molecule has 1 fully saturated rings. The van der Waals surface area contributed by atoms with Crippen molar-refractivity contribution >= 4 is 17.5 Å². The van der Waals surface area contributed by atoms with E-state index in [0.717, 1.165) is 25.7 Å². The summed E-state index contributed by atoms with van der Waals surface area (Å²) in [6, 6.07) is 1.72. The minimum atomic E-state index is -0.265. The van der Waals surface area contributed by atoms with Crippen LogP contribution in [-0.2, 0) is 4.74 Å². The summed E-state index contributed by atoms with van der Waals surface area (Å²) in [5.41, 5.74) is 0. The van der Waals surface area contributed by atoms with Gasteiger partial charge in [0.05, 0.1) is 6.10 Å². The second-order valence-electron chi connectivity index (χ2n) is 4.39. The molecule has 1 aromatic rings. The molecule has 0 atom stereocenters. The van der Waals surface area contributed by atoms with E-state index in [9.17, 15) is 4.79 Å². The van der Waals surface area contributed by atoms with Gasteiger partial charge in [0.25, 0.3) is 5.91 Å². The molecule has 1 heterocycles. The molecule has 0 aromatic carbocycles. The van der Waals surface area contributed by atoms with Crippen molar-refractivity contribution in [3.05, 3.63) is 23.2 Å². The van der Waals surface area contributed by atoms with Gasteiger partial charge < -0.3 is 10.1 Å². The number of amides is 1. The van der Waals surface area contributed by atoms with Gasteiger partial charge in [0, 0.05) is 19.3 Å². The summed E-state index contributed by atoms with van der Waals surface area (Å²) >= 11 is 5.72. The van der Waals surface area contributed by atoms with Crippen LogP contribution in [0.2, 0.25) is 5.15 Å². The lowest BCUT2D eigenvalue weighted by Gasteiger charge is -2.27. The lowest BCUT2D eigenvalue weighted by atomic mass is 9.93. The smallest absolute Gasteiger partial charge is 0.289 e. The molecule has 2 rings (SSSR count). The second-order valence-corrected chi connectivity index (χ2v) is 4.77. The second kappa shape index (κ2) is 6.11. The number of aromatic nitrogens is 2. The van der Waals surface area contributed by atoms with Gasteiger partial charge in [-0.3, -0.25) is 4.79 Å². The van der Waals surface area contributed by atoms with Crippen molar-refractivity contribution in [1.82, 2.24) is 15.3 Å². The number of carbonyl (C=O) groups is 1. The average molecular weight is 270 g/mol. The Morgan fingerprint density at radius 1 is 1.44 bits per heavy atom. The van der Waals surface area contributed by atoms with Crippen LogP contribution in [0, 0.1) is 0 Å². The van der Waals surface area contributed by atoms with Crippen LogP contribution in [0.15, 0.2) is 12.3 Å². The topological polar surface area (TPSA) is 64.1 Å². The normalized spacial score (nSPS) is 23.7. The van der Waals surface area contributed by atoms with E-state index in [-0.39, 0.29) is 22.9 Å². The first-order valence-corrected chi connectivity index (χ1v) is 6.39. The minimum absolute atomic E-state index is 0.122. The van der Waals surface area contributed by atoms with Crippen molar-refractivity contribution in [2.75, 3.05) is 7.11 Å². The van der Waals surface area contributed by atoms with Gasteiger partial charge in [-0.15, -0.1) is 0 Å². The zero-order valence-electron chi connectivity index (χ0n) is 10.2. The number of methoxy groups -OCH3 is 1. The molecule has 98 valence electrons. The molecule has 0 bridgehead atoms. The van der Waals surface area contributed by atoms with Crippen LogP contribution in [0.5, 0.6) is 0 Å². The molecule has 0 spiro atoms. The first-order chi connectivity index (χ1) is 8.69. The van der Waals surface area contributed by atoms with Crippen LogP contribution in [0.4, 0.5) is 0 Å². The van der Waals surface area contributed by atoms with Gasteiger partial charge in [0.1, 0.15) is 5.15 Å². The number of carbonyl (C=O) groups excluding carboxylic acids is 1. The maximum absolute atomic E-state index is 11.9. The molecule has 5 nitrogen and oxygen atoms in total. The molecular formula is C12H16ClN3O2. The van der Waals surface area contributed by atoms with Crippen LogP contribution in [0.3, 0.4) is 0 Å². The van der Waals surface area contributed by atoms with Gasteiger partial charge in [-0.25, -0.2) is 9.97 Å². The Balaban J connectivity index is 1.89. The fourth-order valence-electron chi connectivity index (χ4n) is 2.14. The molecule has 1 aliphatic rings. The molecule has 1 aliphatic carbocycles. The van der Waals surface area contributed by atoms with Gasteiger partial charge in [0.2, 0.25) is 5.82 Å². The van der Waals surface area contributed by atoms with Crippen LogP contribution in [0.1, 0.15) is 36.3 Å². The summed E-state index contributed by atoms with van der Waals surface area (Å²) < 4.78 is 5.29. The third-order valence-corrected chi connectivity index (χ3v) is 3.38. The predicted octanol–water partition coefficient (Wildman–Crippen LogP) is 1.82. The van der Waals surface area contributed by atoms with Crippen LogP contribution in [-0.4, -0.2) is 35.1 Å². The van der Waals surface area contributed by atoms with E-state index in [0.29, 0.717) is 6.10 Å². The zero-order valence-corrected chi connectivity index (χ0v) is 11.0. The summed E-state index contributed by atoms with van der Waals surface area (Å²) in [6.45, 7) is 0.